The molecule has 2 aromatic rings. The van der Waals surface area contributed by atoms with Gasteiger partial charge in [0.15, 0.2) is 11.5 Å². The minimum atomic E-state index is -0.259. The Balaban J connectivity index is 1.98. The molecule has 1 atom stereocenters. The molecule has 0 aromatic heterocycles. The Labute approximate surface area is 139 Å². The van der Waals surface area contributed by atoms with Gasteiger partial charge in [-0.05, 0) is 29.8 Å². The van der Waals surface area contributed by atoms with Gasteiger partial charge in [-0.25, -0.2) is 4.39 Å². The number of alkyl halides is 1. The van der Waals surface area contributed by atoms with Gasteiger partial charge in [0.1, 0.15) is 5.82 Å². The van der Waals surface area contributed by atoms with E-state index in [1.165, 1.54) is 6.07 Å². The zero-order valence-electron chi connectivity index (χ0n) is 11.1. The molecule has 0 fully saturated rings. The summed E-state index contributed by atoms with van der Waals surface area (Å²) < 4.78 is 26.1. The predicted molar refractivity (Wildman–Crippen MR) is 86.9 cm³/mol. The monoisotopic (exact) mass is 414 g/mol. The lowest BCUT2D eigenvalue weighted by Crippen LogP contribution is -1.99. The summed E-state index contributed by atoms with van der Waals surface area (Å²) in [5.41, 5.74) is 1.50. The Morgan fingerprint density at radius 3 is 2.57 bits per heavy atom. The predicted octanol–water partition coefficient (Wildman–Crippen LogP) is 5.23. The molecule has 0 saturated heterocycles. The van der Waals surface area contributed by atoms with Crippen LogP contribution in [0.4, 0.5) is 4.39 Å². The lowest BCUT2D eigenvalue weighted by Gasteiger charge is -2.16. The zero-order valence-corrected chi connectivity index (χ0v) is 14.3. The van der Waals surface area contributed by atoms with E-state index in [1.807, 2.05) is 24.3 Å². The van der Waals surface area contributed by atoms with E-state index in [4.69, 9.17) is 9.47 Å². The number of hydrogen-bond acceptors (Lipinski definition) is 2. The maximum Gasteiger partial charge on any atom is 0.161 e. The molecule has 110 valence electrons. The normalized spacial score (nSPS) is 15.4. The van der Waals surface area contributed by atoms with E-state index in [1.54, 1.807) is 6.07 Å². The Morgan fingerprint density at radius 2 is 1.81 bits per heavy atom. The quantitative estimate of drug-likeness (QED) is 0.625. The topological polar surface area (TPSA) is 18.5 Å². The van der Waals surface area contributed by atoms with Crippen molar-refractivity contribution < 1.29 is 13.9 Å². The second-order valence-electron chi connectivity index (χ2n) is 4.75. The summed E-state index contributed by atoms with van der Waals surface area (Å²) >= 11 is 6.98. The number of hydrogen-bond donors (Lipinski definition) is 0. The third-order valence-electron chi connectivity index (χ3n) is 3.32. The summed E-state index contributed by atoms with van der Waals surface area (Å²) in [6.45, 7) is 1.29. The first-order valence-electron chi connectivity index (χ1n) is 6.64. The number of ether oxygens (including phenoxy) is 2. The summed E-state index contributed by atoms with van der Waals surface area (Å²) in [5.74, 6) is 1.20. The first-order chi connectivity index (χ1) is 10.2. The van der Waals surface area contributed by atoms with Gasteiger partial charge in [-0.2, -0.15) is 0 Å². The molecule has 0 N–H and O–H groups in total. The van der Waals surface area contributed by atoms with E-state index in [0.29, 0.717) is 24.5 Å². The molecule has 0 aliphatic carbocycles. The van der Waals surface area contributed by atoms with Crippen LogP contribution in [-0.4, -0.2) is 13.2 Å². The third-order valence-corrected chi connectivity index (χ3v) is 5.00. The van der Waals surface area contributed by atoms with Gasteiger partial charge in [0.25, 0.3) is 0 Å². The van der Waals surface area contributed by atoms with Crippen LogP contribution in [0.3, 0.4) is 0 Å². The molecule has 0 radical (unpaired) electrons. The molecule has 0 spiro atoms. The second kappa shape index (κ2) is 6.36. The van der Waals surface area contributed by atoms with Gasteiger partial charge in [0.05, 0.1) is 18.0 Å². The number of benzene rings is 2. The Morgan fingerprint density at radius 1 is 1.05 bits per heavy atom. The third kappa shape index (κ3) is 3.09. The fourth-order valence-electron chi connectivity index (χ4n) is 2.26. The molecule has 0 bridgehead atoms. The molecule has 3 rings (SSSR count). The van der Waals surface area contributed by atoms with E-state index in [2.05, 4.69) is 31.9 Å². The van der Waals surface area contributed by atoms with Crippen LogP contribution in [0.1, 0.15) is 22.4 Å². The Hall–Kier alpha value is -1.07. The molecule has 21 heavy (non-hydrogen) atoms. The fourth-order valence-corrected chi connectivity index (χ4v) is 3.89. The Bertz CT molecular complexity index is 640. The summed E-state index contributed by atoms with van der Waals surface area (Å²) in [4.78, 5) is -0.259. The van der Waals surface area contributed by atoms with Crippen LogP contribution in [0.2, 0.25) is 0 Å². The largest absolute Gasteiger partial charge is 0.490 e. The Kier molecular flexibility index (Phi) is 4.50. The zero-order chi connectivity index (χ0) is 14.8. The van der Waals surface area contributed by atoms with Crippen LogP contribution in [0.5, 0.6) is 11.5 Å². The maximum atomic E-state index is 14.1. The van der Waals surface area contributed by atoms with Crippen LogP contribution >= 0.6 is 31.9 Å². The van der Waals surface area contributed by atoms with E-state index in [-0.39, 0.29) is 10.6 Å². The van der Waals surface area contributed by atoms with E-state index in [0.717, 1.165) is 22.2 Å². The first-order valence-corrected chi connectivity index (χ1v) is 8.35. The highest BCUT2D eigenvalue weighted by atomic mass is 79.9. The summed E-state index contributed by atoms with van der Waals surface area (Å²) in [7, 11) is 0. The molecule has 1 unspecified atom stereocenters. The second-order valence-corrected chi connectivity index (χ2v) is 6.52. The molecule has 2 nitrogen and oxygen atoms in total. The molecule has 2 aromatic carbocycles. The van der Waals surface area contributed by atoms with Crippen molar-refractivity contribution in [3.63, 3.8) is 0 Å². The van der Waals surface area contributed by atoms with Gasteiger partial charge in [0, 0.05) is 16.5 Å². The van der Waals surface area contributed by atoms with Crippen LogP contribution in [0.25, 0.3) is 0 Å². The highest BCUT2D eigenvalue weighted by Crippen LogP contribution is 2.40. The summed E-state index contributed by atoms with van der Waals surface area (Å²) in [5, 5.41) is 0. The van der Waals surface area contributed by atoms with Gasteiger partial charge in [-0.3, -0.25) is 0 Å². The smallest absolute Gasteiger partial charge is 0.161 e. The van der Waals surface area contributed by atoms with Crippen LogP contribution in [0.15, 0.2) is 40.9 Å². The molecule has 0 saturated carbocycles. The average molecular weight is 416 g/mol. The van der Waals surface area contributed by atoms with Crippen LogP contribution in [-0.2, 0) is 0 Å². The first kappa shape index (κ1) is 14.9. The van der Waals surface area contributed by atoms with E-state index >= 15 is 0 Å². The number of halogens is 3. The minimum Gasteiger partial charge on any atom is -0.490 e. The lowest BCUT2D eigenvalue weighted by molar-refractivity contribution is 0.297. The molecule has 0 amide bonds. The van der Waals surface area contributed by atoms with Crippen molar-refractivity contribution in [3.8, 4) is 11.5 Å². The van der Waals surface area contributed by atoms with Gasteiger partial charge in [0.2, 0.25) is 0 Å². The van der Waals surface area contributed by atoms with Crippen molar-refractivity contribution in [2.45, 2.75) is 11.2 Å². The molecule has 5 heteroatoms. The van der Waals surface area contributed by atoms with Crippen molar-refractivity contribution in [2.75, 3.05) is 13.2 Å². The van der Waals surface area contributed by atoms with Crippen molar-refractivity contribution in [3.05, 3.63) is 57.8 Å². The molecule has 1 heterocycles. The summed E-state index contributed by atoms with van der Waals surface area (Å²) in [6, 6.07) is 10.7. The highest BCUT2D eigenvalue weighted by Gasteiger charge is 2.20. The van der Waals surface area contributed by atoms with Gasteiger partial charge in [-0.15, -0.1) is 0 Å². The fraction of sp³-hybridized carbons (Fsp3) is 0.250. The van der Waals surface area contributed by atoms with Gasteiger partial charge < -0.3 is 9.47 Å². The van der Waals surface area contributed by atoms with Crippen molar-refractivity contribution in [2.24, 2.45) is 0 Å². The molecule has 1 aliphatic heterocycles. The van der Waals surface area contributed by atoms with Crippen molar-refractivity contribution in [1.29, 1.82) is 0 Å². The number of fused-ring (bicyclic) bond motifs is 1. The minimum absolute atomic E-state index is 0.252. The molecule has 1 aliphatic rings. The van der Waals surface area contributed by atoms with Crippen molar-refractivity contribution in [1.82, 2.24) is 0 Å². The average Bonchev–Trinajstić information content (AvgIpc) is 2.71. The van der Waals surface area contributed by atoms with E-state index < -0.39 is 0 Å². The molecular weight excluding hydrogens is 403 g/mol. The standard InChI is InChI=1S/C16H13Br2FO2/c17-11-3-1-4-12(19)15(11)16(18)10-5-6-13-14(9-10)21-8-2-7-20-13/h1,3-6,9,16H,2,7-8H2. The van der Waals surface area contributed by atoms with Gasteiger partial charge in [-0.1, -0.05) is 44.0 Å². The van der Waals surface area contributed by atoms with E-state index in [9.17, 15) is 4.39 Å². The highest BCUT2D eigenvalue weighted by molar-refractivity contribution is 9.11. The van der Waals surface area contributed by atoms with Crippen molar-refractivity contribution >= 4 is 31.9 Å². The summed E-state index contributed by atoms with van der Waals surface area (Å²) in [6.07, 6.45) is 0.862. The number of rotatable bonds is 2. The van der Waals surface area contributed by atoms with Crippen LogP contribution in [0, 0.1) is 5.82 Å². The SMILES string of the molecule is Fc1cccc(Br)c1C(Br)c1ccc2c(c1)OCCCO2. The lowest BCUT2D eigenvalue weighted by atomic mass is 10.0. The maximum absolute atomic E-state index is 14.1. The molecular formula is C16H13Br2FO2. The van der Waals surface area contributed by atoms with Gasteiger partial charge >= 0.3 is 0 Å². The van der Waals surface area contributed by atoms with Crippen LogP contribution < -0.4 is 9.47 Å².